The second-order valence-electron chi connectivity index (χ2n) is 10.2. The van der Waals surface area contributed by atoms with Gasteiger partial charge in [-0.3, -0.25) is 9.78 Å². The van der Waals surface area contributed by atoms with Gasteiger partial charge in [-0.2, -0.15) is 0 Å². The summed E-state index contributed by atoms with van der Waals surface area (Å²) in [5, 5.41) is 0. The first-order valence-electron chi connectivity index (χ1n) is 12.3. The Morgan fingerprint density at radius 1 is 1.17 bits per heavy atom. The first-order chi connectivity index (χ1) is 16.8. The van der Waals surface area contributed by atoms with Crippen LogP contribution in [0.15, 0.2) is 28.7 Å². The lowest BCUT2D eigenvalue weighted by molar-refractivity contribution is 0.0558. The fraction of sp³-hybridized carbons (Fsp3) is 0.481. The molecular formula is C27H33N3O3S2. The van der Waals surface area contributed by atoms with Gasteiger partial charge in [0, 0.05) is 42.0 Å². The first kappa shape index (κ1) is 24.4. The third kappa shape index (κ3) is 4.09. The predicted molar refractivity (Wildman–Crippen MR) is 142 cm³/mol. The van der Waals surface area contributed by atoms with Crippen molar-refractivity contribution in [2.45, 2.75) is 70.4 Å². The number of benzene rings is 1. The molecule has 0 bridgehead atoms. The van der Waals surface area contributed by atoms with Gasteiger partial charge in [0.2, 0.25) is 0 Å². The SMILES string of the molecule is CC[S+]([O-])c1cc2c(cc1OC)CCn1c3c(c(-c4cncs4)c1-2)CCCCN(C(C)(C)C)C3=O. The summed E-state index contributed by atoms with van der Waals surface area (Å²) in [5.41, 5.74) is 7.94. The molecule has 2 aromatic heterocycles. The summed E-state index contributed by atoms with van der Waals surface area (Å²) < 4.78 is 20.8. The van der Waals surface area contributed by atoms with Crippen molar-refractivity contribution in [1.29, 1.82) is 0 Å². The van der Waals surface area contributed by atoms with Crippen LogP contribution in [0.5, 0.6) is 5.75 Å². The van der Waals surface area contributed by atoms with Gasteiger partial charge in [0.05, 0.1) is 23.2 Å². The zero-order valence-corrected chi connectivity index (χ0v) is 22.8. The summed E-state index contributed by atoms with van der Waals surface area (Å²) in [6.45, 7) is 9.77. The minimum Gasteiger partial charge on any atom is -0.611 e. The molecule has 8 heteroatoms. The molecule has 3 aromatic rings. The molecule has 2 aliphatic rings. The van der Waals surface area contributed by atoms with Crippen molar-refractivity contribution in [1.82, 2.24) is 14.5 Å². The fourth-order valence-electron chi connectivity index (χ4n) is 5.46. The van der Waals surface area contributed by atoms with Crippen LogP contribution in [0, 0.1) is 0 Å². The second kappa shape index (κ2) is 9.30. The smallest absolute Gasteiger partial charge is 0.271 e. The average Bonchev–Trinajstić information content (AvgIpc) is 3.45. The summed E-state index contributed by atoms with van der Waals surface area (Å²) >= 11 is 0.450. The summed E-state index contributed by atoms with van der Waals surface area (Å²) in [7, 11) is 1.64. The van der Waals surface area contributed by atoms with E-state index >= 15 is 0 Å². The van der Waals surface area contributed by atoms with Crippen molar-refractivity contribution < 1.29 is 14.1 Å². The van der Waals surface area contributed by atoms with Crippen LogP contribution in [0.1, 0.15) is 62.2 Å². The standard InChI is InChI=1S/C27H33N3O3S2/c1-6-35(32)22-14-19-17(13-20(22)33-5)10-12-29-24(19)23(21-15-28-16-34-21)18-9-7-8-11-30(27(2,3)4)26(31)25(18)29/h13-16H,6-12H2,1-5H3. The molecule has 2 aliphatic heterocycles. The molecule has 0 aliphatic carbocycles. The quantitative estimate of drug-likeness (QED) is 0.431. The number of hydrogen-bond donors (Lipinski definition) is 0. The molecule has 1 aromatic carbocycles. The van der Waals surface area contributed by atoms with Crippen LogP contribution >= 0.6 is 11.3 Å². The lowest BCUT2D eigenvalue weighted by Gasteiger charge is -2.37. The molecule has 0 saturated carbocycles. The summed E-state index contributed by atoms with van der Waals surface area (Å²) in [5.74, 6) is 1.31. The number of carbonyl (C=O) groups excluding carboxylic acids is 1. The van der Waals surface area contributed by atoms with E-state index in [2.05, 4.69) is 30.3 Å². The van der Waals surface area contributed by atoms with E-state index in [1.54, 1.807) is 18.4 Å². The van der Waals surface area contributed by atoms with Gasteiger partial charge in [-0.15, -0.1) is 11.3 Å². The van der Waals surface area contributed by atoms with Crippen LogP contribution in [0.3, 0.4) is 0 Å². The van der Waals surface area contributed by atoms with E-state index in [-0.39, 0.29) is 11.4 Å². The van der Waals surface area contributed by atoms with Gasteiger partial charge in [-0.25, -0.2) is 0 Å². The van der Waals surface area contributed by atoms with Gasteiger partial charge in [0.15, 0.2) is 10.6 Å². The highest BCUT2D eigenvalue weighted by Crippen LogP contribution is 2.47. The Balaban J connectivity index is 1.82. The number of aromatic nitrogens is 2. The molecular weight excluding hydrogens is 478 g/mol. The summed E-state index contributed by atoms with van der Waals surface area (Å²) in [4.78, 5) is 22.4. The molecule has 35 heavy (non-hydrogen) atoms. The number of nitrogens with zero attached hydrogens (tertiary/aromatic N) is 3. The highest BCUT2D eigenvalue weighted by molar-refractivity contribution is 7.91. The number of fused-ring (bicyclic) bond motifs is 5. The second-order valence-corrected chi connectivity index (χ2v) is 12.8. The Morgan fingerprint density at radius 2 is 1.97 bits per heavy atom. The van der Waals surface area contributed by atoms with Crippen LogP contribution in [-0.2, 0) is 30.6 Å². The van der Waals surface area contributed by atoms with E-state index in [4.69, 9.17) is 4.74 Å². The van der Waals surface area contributed by atoms with E-state index in [1.165, 1.54) is 5.56 Å². The number of ether oxygens (including phenoxy) is 1. The lowest BCUT2D eigenvalue weighted by atomic mass is 9.93. The molecule has 1 atom stereocenters. The third-order valence-electron chi connectivity index (χ3n) is 7.12. The molecule has 186 valence electrons. The number of carbonyl (C=O) groups is 1. The fourth-order valence-corrected chi connectivity index (χ4v) is 7.08. The van der Waals surface area contributed by atoms with E-state index in [1.807, 2.05) is 35.7 Å². The molecule has 0 saturated heterocycles. The molecule has 1 amide bonds. The van der Waals surface area contributed by atoms with Gasteiger partial charge < -0.3 is 18.8 Å². The van der Waals surface area contributed by atoms with Crippen LogP contribution in [0.2, 0.25) is 0 Å². The zero-order valence-electron chi connectivity index (χ0n) is 21.1. The van der Waals surface area contributed by atoms with Crippen LogP contribution in [-0.4, -0.2) is 49.9 Å². The number of hydrogen-bond acceptors (Lipinski definition) is 5. The Bertz CT molecular complexity index is 1260. The minimum atomic E-state index is -1.16. The third-order valence-corrected chi connectivity index (χ3v) is 9.24. The molecule has 0 radical (unpaired) electrons. The van der Waals surface area contributed by atoms with E-state index in [9.17, 15) is 9.35 Å². The van der Waals surface area contributed by atoms with Crippen LogP contribution in [0.4, 0.5) is 0 Å². The Morgan fingerprint density at radius 3 is 2.63 bits per heavy atom. The molecule has 0 N–H and O–H groups in total. The number of aryl methyl sites for hydroxylation is 1. The molecule has 5 rings (SSSR count). The van der Waals surface area contributed by atoms with Crippen molar-refractivity contribution in [3.63, 3.8) is 0 Å². The van der Waals surface area contributed by atoms with E-state index in [0.717, 1.165) is 71.7 Å². The van der Waals surface area contributed by atoms with Gasteiger partial charge in [-0.05, 0) is 81.7 Å². The van der Waals surface area contributed by atoms with Gasteiger partial charge >= 0.3 is 0 Å². The molecule has 4 heterocycles. The van der Waals surface area contributed by atoms with E-state index in [0.29, 0.717) is 16.4 Å². The van der Waals surface area contributed by atoms with Crippen molar-refractivity contribution in [2.24, 2.45) is 0 Å². The molecule has 0 spiro atoms. The van der Waals surface area contributed by atoms with Crippen LogP contribution < -0.4 is 4.74 Å². The maximum atomic E-state index is 14.1. The Hall–Kier alpha value is -2.29. The maximum absolute atomic E-state index is 14.1. The largest absolute Gasteiger partial charge is 0.611 e. The highest BCUT2D eigenvalue weighted by atomic mass is 32.2. The normalized spacial score (nSPS) is 16.7. The molecule has 6 nitrogen and oxygen atoms in total. The minimum absolute atomic E-state index is 0.110. The number of methoxy groups -OCH3 is 1. The van der Waals surface area contributed by atoms with Gasteiger partial charge in [0.25, 0.3) is 5.91 Å². The van der Waals surface area contributed by atoms with Crippen molar-refractivity contribution in [2.75, 3.05) is 19.4 Å². The summed E-state index contributed by atoms with van der Waals surface area (Å²) in [6.07, 6.45) is 5.59. The zero-order chi connectivity index (χ0) is 24.9. The van der Waals surface area contributed by atoms with Crippen molar-refractivity contribution in [3.05, 3.63) is 40.7 Å². The van der Waals surface area contributed by atoms with Crippen molar-refractivity contribution in [3.8, 4) is 27.4 Å². The summed E-state index contributed by atoms with van der Waals surface area (Å²) in [6, 6.07) is 4.09. The number of amides is 1. The predicted octanol–water partition coefficient (Wildman–Crippen LogP) is 5.55. The van der Waals surface area contributed by atoms with Crippen LogP contribution in [0.25, 0.3) is 21.7 Å². The topological polar surface area (TPSA) is 70.4 Å². The number of rotatable bonds is 4. The molecule has 0 fully saturated rings. The maximum Gasteiger partial charge on any atom is 0.271 e. The Labute approximate surface area is 214 Å². The average molecular weight is 512 g/mol. The highest BCUT2D eigenvalue weighted by Gasteiger charge is 2.38. The van der Waals surface area contributed by atoms with E-state index < -0.39 is 11.2 Å². The molecule has 1 unspecified atom stereocenters. The first-order valence-corrected chi connectivity index (χ1v) is 14.5. The number of thiazole rings is 1. The van der Waals surface area contributed by atoms with Gasteiger partial charge in [0.1, 0.15) is 11.4 Å². The van der Waals surface area contributed by atoms with Crippen molar-refractivity contribution >= 4 is 28.4 Å². The Kier molecular flexibility index (Phi) is 6.48. The van der Waals surface area contributed by atoms with Gasteiger partial charge in [-0.1, -0.05) is 0 Å². The lowest BCUT2D eigenvalue weighted by Crippen LogP contribution is -2.47. The monoisotopic (exact) mass is 511 g/mol.